The Hall–Kier alpha value is -0.910. The summed E-state index contributed by atoms with van der Waals surface area (Å²) in [5.41, 5.74) is 0. The lowest BCUT2D eigenvalue weighted by Gasteiger charge is -2.15. The highest BCUT2D eigenvalue weighted by Crippen LogP contribution is 2.17. The fraction of sp³-hybridized carbons (Fsp3) is 0.545. The molecule has 5 heteroatoms. The van der Waals surface area contributed by atoms with Crippen molar-refractivity contribution < 1.29 is 14.6 Å². The van der Waals surface area contributed by atoms with E-state index in [9.17, 15) is 9.90 Å². The zero-order valence-electron chi connectivity index (χ0n) is 9.47. The molecule has 0 bridgehead atoms. The van der Waals surface area contributed by atoms with E-state index in [2.05, 4.69) is 5.32 Å². The van der Waals surface area contributed by atoms with Crippen molar-refractivity contribution >= 4 is 17.3 Å². The number of nitrogens with one attached hydrogen (secondary N) is 1. The van der Waals surface area contributed by atoms with E-state index in [1.165, 1.54) is 11.3 Å². The maximum Gasteiger partial charge on any atom is 0.322 e. The minimum Gasteiger partial charge on any atom is -0.465 e. The van der Waals surface area contributed by atoms with Crippen molar-refractivity contribution in [2.75, 3.05) is 13.2 Å². The van der Waals surface area contributed by atoms with Crippen molar-refractivity contribution in [2.45, 2.75) is 26.0 Å². The molecule has 4 nitrogen and oxygen atoms in total. The molecular formula is C11H17NO3S. The number of ether oxygens (including phenoxy) is 1. The molecule has 2 unspecified atom stereocenters. The minimum absolute atomic E-state index is 0.291. The topological polar surface area (TPSA) is 58.6 Å². The van der Waals surface area contributed by atoms with Gasteiger partial charge in [-0.3, -0.25) is 4.79 Å². The van der Waals surface area contributed by atoms with Crippen LogP contribution in [0.5, 0.6) is 0 Å². The molecule has 1 aromatic heterocycles. The van der Waals surface area contributed by atoms with Crippen molar-refractivity contribution in [3.63, 3.8) is 0 Å². The van der Waals surface area contributed by atoms with Gasteiger partial charge in [0.25, 0.3) is 0 Å². The summed E-state index contributed by atoms with van der Waals surface area (Å²) in [6, 6.07) is 3.36. The van der Waals surface area contributed by atoms with Crippen LogP contribution in [-0.4, -0.2) is 30.3 Å². The van der Waals surface area contributed by atoms with E-state index in [-0.39, 0.29) is 5.97 Å². The van der Waals surface area contributed by atoms with Gasteiger partial charge in [0.05, 0.1) is 6.61 Å². The molecule has 0 radical (unpaired) electrons. The van der Waals surface area contributed by atoms with E-state index >= 15 is 0 Å². The average Bonchev–Trinajstić information content (AvgIpc) is 2.79. The van der Waals surface area contributed by atoms with E-state index in [4.69, 9.17) is 4.74 Å². The van der Waals surface area contributed by atoms with Gasteiger partial charge >= 0.3 is 5.97 Å². The highest BCUT2D eigenvalue weighted by molar-refractivity contribution is 7.10. The molecule has 2 N–H and O–H groups in total. The van der Waals surface area contributed by atoms with Crippen molar-refractivity contribution in [3.8, 4) is 0 Å². The van der Waals surface area contributed by atoms with Gasteiger partial charge in [-0.15, -0.1) is 11.3 Å². The standard InChI is InChI=1S/C11H17NO3S/c1-3-15-11(14)8(2)12-7-9(13)10-5-4-6-16-10/h4-6,8-9,12-13H,3,7H2,1-2H3. The molecule has 0 aliphatic rings. The van der Waals surface area contributed by atoms with E-state index in [1.54, 1.807) is 13.8 Å². The molecule has 2 atom stereocenters. The minimum atomic E-state index is -0.572. The Morgan fingerprint density at radius 1 is 1.69 bits per heavy atom. The second-order valence-electron chi connectivity index (χ2n) is 3.41. The summed E-state index contributed by atoms with van der Waals surface area (Å²) in [7, 11) is 0. The SMILES string of the molecule is CCOC(=O)C(C)NCC(O)c1cccs1. The van der Waals surface area contributed by atoms with Crippen molar-refractivity contribution in [3.05, 3.63) is 22.4 Å². The highest BCUT2D eigenvalue weighted by Gasteiger charge is 2.15. The summed E-state index contributed by atoms with van der Waals surface area (Å²) in [6.07, 6.45) is -0.572. The molecule has 16 heavy (non-hydrogen) atoms. The molecule has 0 aromatic carbocycles. The lowest BCUT2D eigenvalue weighted by atomic mass is 10.2. The Morgan fingerprint density at radius 3 is 3.00 bits per heavy atom. The molecule has 1 aromatic rings. The van der Waals surface area contributed by atoms with Gasteiger partial charge in [-0.25, -0.2) is 0 Å². The van der Waals surface area contributed by atoms with Gasteiger partial charge in [0, 0.05) is 11.4 Å². The predicted molar refractivity (Wildman–Crippen MR) is 63.4 cm³/mol. The van der Waals surface area contributed by atoms with Crippen LogP contribution < -0.4 is 5.32 Å². The number of aliphatic hydroxyl groups is 1. The van der Waals surface area contributed by atoms with Gasteiger partial charge in [0.15, 0.2) is 0 Å². The van der Waals surface area contributed by atoms with Crippen LogP contribution in [0.4, 0.5) is 0 Å². The Labute approximate surface area is 99.2 Å². The Balaban J connectivity index is 2.31. The first-order valence-electron chi connectivity index (χ1n) is 5.26. The van der Waals surface area contributed by atoms with Crippen molar-refractivity contribution in [2.24, 2.45) is 0 Å². The van der Waals surface area contributed by atoms with Crippen LogP contribution in [0.15, 0.2) is 17.5 Å². The molecule has 0 aliphatic heterocycles. The lowest BCUT2D eigenvalue weighted by Crippen LogP contribution is -2.37. The molecule has 0 spiro atoms. The zero-order chi connectivity index (χ0) is 12.0. The molecule has 0 saturated carbocycles. The maximum atomic E-state index is 11.3. The second kappa shape index (κ2) is 6.62. The van der Waals surface area contributed by atoms with Crippen LogP contribution in [0.25, 0.3) is 0 Å². The van der Waals surface area contributed by atoms with E-state index < -0.39 is 12.1 Å². The van der Waals surface area contributed by atoms with Crippen LogP contribution in [0.2, 0.25) is 0 Å². The van der Waals surface area contributed by atoms with E-state index in [0.29, 0.717) is 13.2 Å². The van der Waals surface area contributed by atoms with Crippen LogP contribution in [-0.2, 0) is 9.53 Å². The Morgan fingerprint density at radius 2 is 2.44 bits per heavy atom. The molecule has 0 aliphatic carbocycles. The average molecular weight is 243 g/mol. The third kappa shape index (κ3) is 3.92. The van der Waals surface area contributed by atoms with Crippen LogP contribution >= 0.6 is 11.3 Å². The summed E-state index contributed by atoms with van der Waals surface area (Å²) in [5.74, 6) is -0.291. The third-order valence-corrected chi connectivity index (χ3v) is 3.10. The first-order chi connectivity index (χ1) is 7.65. The predicted octanol–water partition coefficient (Wildman–Crippen LogP) is 1.32. The van der Waals surface area contributed by atoms with E-state index in [1.807, 2.05) is 17.5 Å². The molecule has 0 saturated heterocycles. The summed E-state index contributed by atoms with van der Waals surface area (Å²) in [5, 5.41) is 14.6. The Bertz CT molecular complexity index is 313. The maximum absolute atomic E-state index is 11.3. The zero-order valence-corrected chi connectivity index (χ0v) is 10.3. The number of hydrogen-bond acceptors (Lipinski definition) is 5. The van der Waals surface area contributed by atoms with Gasteiger partial charge in [0.1, 0.15) is 12.1 Å². The van der Waals surface area contributed by atoms with Crippen LogP contribution in [0.1, 0.15) is 24.8 Å². The largest absolute Gasteiger partial charge is 0.465 e. The number of esters is 1. The van der Waals surface area contributed by atoms with Gasteiger partial charge in [-0.05, 0) is 25.3 Å². The fourth-order valence-electron chi connectivity index (χ4n) is 1.22. The molecule has 1 heterocycles. The lowest BCUT2D eigenvalue weighted by molar-refractivity contribution is -0.145. The number of carbonyl (C=O) groups excluding carboxylic acids is 1. The van der Waals surface area contributed by atoms with Gasteiger partial charge in [0.2, 0.25) is 0 Å². The first-order valence-corrected chi connectivity index (χ1v) is 6.14. The van der Waals surface area contributed by atoms with E-state index in [0.717, 1.165) is 4.88 Å². The number of thiophene rings is 1. The monoisotopic (exact) mass is 243 g/mol. The summed E-state index contributed by atoms with van der Waals surface area (Å²) in [6.45, 7) is 4.21. The van der Waals surface area contributed by atoms with Gasteiger partial charge < -0.3 is 15.2 Å². The smallest absolute Gasteiger partial charge is 0.322 e. The molecule has 90 valence electrons. The molecule has 0 fully saturated rings. The summed E-state index contributed by atoms with van der Waals surface area (Å²) >= 11 is 1.50. The molecule has 0 amide bonds. The highest BCUT2D eigenvalue weighted by atomic mass is 32.1. The van der Waals surface area contributed by atoms with Crippen LogP contribution in [0.3, 0.4) is 0 Å². The Kier molecular flexibility index (Phi) is 5.45. The fourth-order valence-corrected chi connectivity index (χ4v) is 1.93. The number of aliphatic hydroxyl groups excluding tert-OH is 1. The quantitative estimate of drug-likeness (QED) is 0.740. The number of hydrogen-bond donors (Lipinski definition) is 2. The molecular weight excluding hydrogens is 226 g/mol. The van der Waals surface area contributed by atoms with Gasteiger partial charge in [-0.2, -0.15) is 0 Å². The van der Waals surface area contributed by atoms with Crippen molar-refractivity contribution in [1.29, 1.82) is 0 Å². The van der Waals surface area contributed by atoms with Gasteiger partial charge in [-0.1, -0.05) is 6.07 Å². The summed E-state index contributed by atoms with van der Waals surface area (Å²) in [4.78, 5) is 12.2. The number of rotatable bonds is 6. The normalized spacial score (nSPS) is 14.4. The second-order valence-corrected chi connectivity index (χ2v) is 4.39. The van der Waals surface area contributed by atoms with Crippen LogP contribution in [0, 0.1) is 0 Å². The summed E-state index contributed by atoms with van der Waals surface area (Å²) < 4.78 is 4.85. The number of carbonyl (C=O) groups is 1. The molecule has 1 rings (SSSR count). The first kappa shape index (κ1) is 13.2. The van der Waals surface area contributed by atoms with Crippen molar-refractivity contribution in [1.82, 2.24) is 5.32 Å². The third-order valence-electron chi connectivity index (χ3n) is 2.13.